The van der Waals surface area contributed by atoms with E-state index >= 15 is 0 Å². The minimum absolute atomic E-state index is 0.0155. The molecule has 0 saturated heterocycles. The molecule has 2 atom stereocenters. The highest BCUT2D eigenvalue weighted by molar-refractivity contribution is 6.37. The Labute approximate surface area is 219 Å². The molecule has 1 aliphatic heterocycles. The summed E-state index contributed by atoms with van der Waals surface area (Å²) in [6, 6.07) is 5.51. The third kappa shape index (κ3) is 6.04. The van der Waals surface area contributed by atoms with E-state index in [-0.39, 0.29) is 37.3 Å². The van der Waals surface area contributed by atoms with Crippen LogP contribution in [-0.2, 0) is 19.2 Å². The Morgan fingerprint density at radius 2 is 1.43 bits per heavy atom. The normalized spacial score (nSPS) is 19.7. The summed E-state index contributed by atoms with van der Waals surface area (Å²) in [5.74, 6) is -2.87. The highest BCUT2D eigenvalue weighted by Gasteiger charge is 2.58. The predicted molar refractivity (Wildman–Crippen MR) is 143 cm³/mol. The highest BCUT2D eigenvalue weighted by Crippen LogP contribution is 2.37. The summed E-state index contributed by atoms with van der Waals surface area (Å²) in [5.41, 5.74) is 4.95. The number of carbonyl (C=O) groups is 4. The molecule has 0 spiro atoms. The number of para-hydroxylation sites is 2. The number of aliphatic hydroxyl groups is 1. The van der Waals surface area contributed by atoms with Crippen molar-refractivity contribution < 1.29 is 24.3 Å². The van der Waals surface area contributed by atoms with E-state index in [4.69, 9.17) is 5.73 Å². The molecule has 4 N–H and O–H groups in total. The molecule has 1 aromatic carbocycles. The first-order valence-electron chi connectivity index (χ1n) is 13.4. The molecule has 0 bridgehead atoms. The van der Waals surface area contributed by atoms with Crippen LogP contribution in [0.2, 0.25) is 0 Å². The lowest BCUT2D eigenvalue weighted by molar-refractivity contribution is -0.145. The number of Topliss-reactive ketones (excluding diaryl/α,β-unsaturated/α-hetero) is 1. The zero-order valence-electron chi connectivity index (χ0n) is 22.7. The second kappa shape index (κ2) is 11.7. The van der Waals surface area contributed by atoms with Crippen LogP contribution in [0.3, 0.4) is 0 Å². The van der Waals surface area contributed by atoms with Crippen LogP contribution in [0.15, 0.2) is 24.3 Å². The Kier molecular flexibility index (Phi) is 9.13. The van der Waals surface area contributed by atoms with Gasteiger partial charge in [-0.1, -0.05) is 52.7 Å². The highest BCUT2D eigenvalue weighted by atomic mass is 16.3. The number of hydrogen-bond acceptors (Lipinski definition) is 6. The first-order valence-corrected chi connectivity index (χ1v) is 13.4. The fourth-order valence-electron chi connectivity index (χ4n) is 5.32. The van der Waals surface area contributed by atoms with E-state index in [1.165, 1.54) is 16.7 Å². The number of ketones is 1. The maximum Gasteiger partial charge on any atom is 0.264 e. The minimum atomic E-state index is -2.62. The van der Waals surface area contributed by atoms with Crippen LogP contribution < -0.4 is 20.9 Å². The van der Waals surface area contributed by atoms with Gasteiger partial charge in [-0.3, -0.25) is 19.2 Å². The van der Waals surface area contributed by atoms with Gasteiger partial charge in [-0.05, 0) is 49.7 Å². The molecular formula is C28H42N4O5. The van der Waals surface area contributed by atoms with Crippen molar-refractivity contribution in [3.8, 4) is 0 Å². The topological polar surface area (TPSA) is 133 Å². The van der Waals surface area contributed by atoms with Gasteiger partial charge >= 0.3 is 0 Å². The van der Waals surface area contributed by atoms with Crippen LogP contribution >= 0.6 is 0 Å². The van der Waals surface area contributed by atoms with E-state index in [9.17, 15) is 24.3 Å². The van der Waals surface area contributed by atoms with Gasteiger partial charge in [-0.2, -0.15) is 0 Å². The number of carbonyl (C=O) groups excluding carboxylic acids is 4. The van der Waals surface area contributed by atoms with Gasteiger partial charge in [-0.15, -0.1) is 0 Å². The number of nitrogens with zero attached hydrogens (tertiary/aromatic N) is 2. The van der Waals surface area contributed by atoms with Crippen LogP contribution in [0.25, 0.3) is 0 Å². The van der Waals surface area contributed by atoms with Crippen molar-refractivity contribution >= 4 is 34.9 Å². The smallest absolute Gasteiger partial charge is 0.264 e. The number of amides is 3. The first kappa shape index (κ1) is 28.8. The fraction of sp³-hybridized carbons (Fsp3) is 0.643. The Hall–Kier alpha value is -2.78. The van der Waals surface area contributed by atoms with Crippen LogP contribution in [0.4, 0.5) is 11.4 Å². The van der Waals surface area contributed by atoms with Crippen molar-refractivity contribution in [2.24, 2.45) is 23.5 Å². The standard InChI is InChI=1S/C28H42N4O5/c1-17(2)15-31-21-12-8-9-13-22(21)32(16-18(3)4)27(37)28(29,26(31)36)25(35)24(19(5)33)30-23(34)14-20-10-6-7-11-20/h8-9,12-13,17-20,24,33H,6-7,10-11,14-16,29H2,1-5H3,(H,30,34)/t19-,24+/m1/s1. The van der Waals surface area contributed by atoms with Crippen LogP contribution in [0, 0.1) is 17.8 Å². The van der Waals surface area contributed by atoms with Gasteiger partial charge in [-0.25, -0.2) is 0 Å². The van der Waals surface area contributed by atoms with Crippen molar-refractivity contribution in [3.05, 3.63) is 24.3 Å². The van der Waals surface area contributed by atoms with E-state index in [1.807, 2.05) is 27.7 Å². The van der Waals surface area contributed by atoms with E-state index < -0.39 is 41.2 Å². The Bertz CT molecular complexity index is 967. The summed E-state index contributed by atoms with van der Waals surface area (Å²) in [5, 5.41) is 13.1. The number of anilines is 2. The van der Waals surface area contributed by atoms with Crippen molar-refractivity contribution in [1.82, 2.24) is 5.32 Å². The average molecular weight is 515 g/mol. The summed E-state index contributed by atoms with van der Waals surface area (Å²) in [7, 11) is 0. The largest absolute Gasteiger partial charge is 0.391 e. The second-order valence-electron chi connectivity index (χ2n) is 11.4. The molecular weight excluding hydrogens is 472 g/mol. The SMILES string of the molecule is CC(C)CN1C(=O)C(N)(C(=O)[C@@H](NC(=O)CC2CCCC2)[C@@H](C)O)C(=O)N(CC(C)C)c2ccccc21. The number of fused-ring (bicyclic) bond motifs is 1. The van der Waals surface area contributed by atoms with E-state index in [2.05, 4.69) is 5.32 Å². The van der Waals surface area contributed by atoms with Gasteiger partial charge in [0.15, 0.2) is 5.78 Å². The summed E-state index contributed by atoms with van der Waals surface area (Å²) in [4.78, 5) is 57.8. The van der Waals surface area contributed by atoms with Crippen LogP contribution in [0.5, 0.6) is 0 Å². The van der Waals surface area contributed by atoms with Crippen LogP contribution in [0.1, 0.15) is 66.7 Å². The molecule has 9 heteroatoms. The lowest BCUT2D eigenvalue weighted by Crippen LogP contribution is -2.72. The molecule has 0 unspecified atom stereocenters. The van der Waals surface area contributed by atoms with Gasteiger partial charge < -0.3 is 26.0 Å². The van der Waals surface area contributed by atoms with Crippen LogP contribution in [-0.4, -0.2) is 59.4 Å². The summed E-state index contributed by atoms with van der Waals surface area (Å²) >= 11 is 0. The zero-order valence-corrected chi connectivity index (χ0v) is 22.7. The van der Waals surface area contributed by atoms with E-state index in [0.717, 1.165) is 25.7 Å². The predicted octanol–water partition coefficient (Wildman–Crippen LogP) is 2.39. The summed E-state index contributed by atoms with van der Waals surface area (Å²) < 4.78 is 0. The van der Waals surface area contributed by atoms with Gasteiger partial charge in [0.1, 0.15) is 6.04 Å². The van der Waals surface area contributed by atoms with Gasteiger partial charge in [0.05, 0.1) is 17.5 Å². The molecule has 2 aliphatic rings. The lowest BCUT2D eigenvalue weighted by Gasteiger charge is -2.35. The van der Waals surface area contributed by atoms with Gasteiger partial charge in [0.25, 0.3) is 11.8 Å². The summed E-state index contributed by atoms with van der Waals surface area (Å²) in [6.07, 6.45) is 2.85. The molecule has 1 saturated carbocycles. The molecule has 0 radical (unpaired) electrons. The lowest BCUT2D eigenvalue weighted by atomic mass is 9.85. The Morgan fingerprint density at radius 1 is 0.973 bits per heavy atom. The Morgan fingerprint density at radius 3 is 1.84 bits per heavy atom. The molecule has 9 nitrogen and oxygen atoms in total. The van der Waals surface area contributed by atoms with E-state index in [0.29, 0.717) is 11.4 Å². The van der Waals surface area contributed by atoms with Gasteiger partial charge in [0.2, 0.25) is 11.4 Å². The number of nitrogens with two attached hydrogens (primary N) is 1. The number of aliphatic hydroxyl groups excluding tert-OH is 1. The molecule has 204 valence electrons. The van der Waals surface area contributed by atoms with Crippen molar-refractivity contribution in [1.29, 1.82) is 0 Å². The molecule has 0 aromatic heterocycles. The fourth-order valence-corrected chi connectivity index (χ4v) is 5.32. The third-order valence-corrected chi connectivity index (χ3v) is 7.14. The monoisotopic (exact) mass is 514 g/mol. The molecule has 3 rings (SSSR count). The number of nitrogens with one attached hydrogen (secondary N) is 1. The molecule has 1 fully saturated rings. The zero-order chi connectivity index (χ0) is 27.5. The molecule has 37 heavy (non-hydrogen) atoms. The van der Waals surface area contributed by atoms with Gasteiger partial charge in [0, 0.05) is 19.5 Å². The molecule has 1 aliphatic carbocycles. The number of benzene rings is 1. The second-order valence-corrected chi connectivity index (χ2v) is 11.4. The number of rotatable bonds is 10. The van der Waals surface area contributed by atoms with E-state index in [1.54, 1.807) is 24.3 Å². The third-order valence-electron chi connectivity index (χ3n) is 7.14. The molecule has 1 aromatic rings. The molecule has 1 heterocycles. The summed E-state index contributed by atoms with van der Waals surface area (Å²) in [6.45, 7) is 9.52. The Balaban J connectivity index is 2.06. The first-order chi connectivity index (χ1) is 17.4. The maximum absolute atomic E-state index is 14.1. The average Bonchev–Trinajstić information content (AvgIpc) is 3.33. The number of hydrogen-bond donors (Lipinski definition) is 3. The van der Waals surface area contributed by atoms with Crippen molar-refractivity contribution in [2.45, 2.75) is 84.4 Å². The van der Waals surface area contributed by atoms with Crippen molar-refractivity contribution in [3.63, 3.8) is 0 Å². The molecule has 3 amide bonds. The minimum Gasteiger partial charge on any atom is -0.391 e. The maximum atomic E-state index is 14.1. The van der Waals surface area contributed by atoms with Crippen molar-refractivity contribution in [2.75, 3.05) is 22.9 Å². The quantitative estimate of drug-likeness (QED) is 0.411.